The maximum absolute atomic E-state index is 12.6. The molecule has 1 heterocycles. The molecule has 0 saturated heterocycles. The molecule has 1 unspecified atom stereocenters. The fraction of sp³-hybridized carbons (Fsp3) is 0.286. The second-order valence-electron chi connectivity index (χ2n) is 6.80. The van der Waals surface area contributed by atoms with Gasteiger partial charge in [0, 0.05) is 18.3 Å². The van der Waals surface area contributed by atoms with E-state index in [1.54, 1.807) is 0 Å². The van der Waals surface area contributed by atoms with Crippen molar-refractivity contribution in [3.63, 3.8) is 0 Å². The highest BCUT2D eigenvalue weighted by atomic mass is 32.2. The normalized spacial score (nSPS) is 12.0. The van der Waals surface area contributed by atoms with Gasteiger partial charge in [-0.3, -0.25) is 4.79 Å². The van der Waals surface area contributed by atoms with Gasteiger partial charge in [-0.2, -0.15) is 0 Å². The van der Waals surface area contributed by atoms with Crippen LogP contribution in [0.25, 0.3) is 11.4 Å². The molecule has 1 amide bonds. The third-order valence-electron chi connectivity index (χ3n) is 4.45. The van der Waals surface area contributed by atoms with E-state index < -0.39 is 0 Å². The van der Waals surface area contributed by atoms with Crippen molar-refractivity contribution in [2.45, 2.75) is 38.1 Å². The predicted octanol–water partition coefficient (Wildman–Crippen LogP) is 4.53. The van der Waals surface area contributed by atoms with Gasteiger partial charge in [-0.05, 0) is 44.9 Å². The van der Waals surface area contributed by atoms with E-state index in [2.05, 4.69) is 34.6 Å². The molecule has 0 fully saturated rings. The fourth-order valence-electron chi connectivity index (χ4n) is 2.69. The first-order valence-corrected chi connectivity index (χ1v) is 9.74. The third-order valence-corrected chi connectivity index (χ3v) is 5.58. The second-order valence-corrected chi connectivity index (χ2v) is 8.11. The van der Waals surface area contributed by atoms with Crippen LogP contribution in [0.2, 0.25) is 0 Å². The summed E-state index contributed by atoms with van der Waals surface area (Å²) in [6, 6.07) is 14.2. The van der Waals surface area contributed by atoms with Gasteiger partial charge in [0.1, 0.15) is 0 Å². The first-order chi connectivity index (χ1) is 12.8. The van der Waals surface area contributed by atoms with E-state index in [-0.39, 0.29) is 11.2 Å². The zero-order chi connectivity index (χ0) is 19.6. The van der Waals surface area contributed by atoms with Crippen LogP contribution < -0.4 is 5.32 Å². The fourth-order valence-corrected chi connectivity index (χ4v) is 3.50. The summed E-state index contributed by atoms with van der Waals surface area (Å²) in [4.78, 5) is 12.6. The second kappa shape index (κ2) is 7.96. The van der Waals surface area contributed by atoms with Crippen LogP contribution in [-0.2, 0) is 11.8 Å². The van der Waals surface area contributed by atoms with Crippen molar-refractivity contribution < 1.29 is 4.79 Å². The van der Waals surface area contributed by atoms with E-state index in [1.807, 2.05) is 62.7 Å². The third kappa shape index (κ3) is 4.39. The summed E-state index contributed by atoms with van der Waals surface area (Å²) in [7, 11) is 1.92. The number of thioether (sulfide) groups is 1. The summed E-state index contributed by atoms with van der Waals surface area (Å²) in [5.74, 6) is 0.744. The molecule has 27 heavy (non-hydrogen) atoms. The van der Waals surface area contributed by atoms with Crippen molar-refractivity contribution in [2.75, 3.05) is 5.32 Å². The Labute approximate surface area is 164 Å². The number of amides is 1. The zero-order valence-electron chi connectivity index (χ0n) is 16.3. The van der Waals surface area contributed by atoms with Crippen LogP contribution in [0.15, 0.2) is 47.6 Å². The average molecular weight is 381 g/mol. The highest BCUT2D eigenvalue weighted by molar-refractivity contribution is 8.00. The Morgan fingerprint density at radius 1 is 1.04 bits per heavy atom. The minimum Gasteiger partial charge on any atom is -0.325 e. The number of rotatable bonds is 5. The smallest absolute Gasteiger partial charge is 0.237 e. The molecule has 0 aliphatic rings. The number of aryl methyl sites for hydroxylation is 3. The SMILES string of the molecule is Cc1ccc(-c2nnc(SC(C)C(=O)Nc3cc(C)ccc3C)n2C)cc1. The van der Waals surface area contributed by atoms with Crippen LogP contribution in [0.1, 0.15) is 23.6 Å². The van der Waals surface area contributed by atoms with Gasteiger partial charge in [0.05, 0.1) is 5.25 Å². The summed E-state index contributed by atoms with van der Waals surface area (Å²) in [6.45, 7) is 7.94. The lowest BCUT2D eigenvalue weighted by Gasteiger charge is -2.14. The minimum atomic E-state index is -0.293. The van der Waals surface area contributed by atoms with E-state index >= 15 is 0 Å². The largest absolute Gasteiger partial charge is 0.325 e. The van der Waals surface area contributed by atoms with Crippen LogP contribution in [0, 0.1) is 20.8 Å². The lowest BCUT2D eigenvalue weighted by atomic mass is 10.1. The first-order valence-electron chi connectivity index (χ1n) is 8.86. The Morgan fingerprint density at radius 2 is 1.70 bits per heavy atom. The van der Waals surface area contributed by atoms with Crippen LogP contribution in [-0.4, -0.2) is 25.9 Å². The quantitative estimate of drug-likeness (QED) is 0.661. The number of nitrogens with zero attached hydrogens (tertiary/aromatic N) is 3. The Kier molecular flexibility index (Phi) is 5.65. The number of nitrogens with one attached hydrogen (secondary N) is 1. The molecule has 5 nitrogen and oxygen atoms in total. The molecule has 3 rings (SSSR count). The van der Waals surface area contributed by atoms with Gasteiger partial charge >= 0.3 is 0 Å². The molecular weight excluding hydrogens is 356 g/mol. The molecule has 1 N–H and O–H groups in total. The molecule has 0 aliphatic heterocycles. The molecule has 1 atom stereocenters. The standard InChI is InChI=1S/C21H24N4OS/c1-13-7-10-17(11-8-13)19-23-24-21(25(19)5)27-16(4)20(26)22-18-12-14(2)6-9-15(18)3/h6-12,16H,1-5H3,(H,22,26). The molecule has 140 valence electrons. The lowest BCUT2D eigenvalue weighted by Crippen LogP contribution is -2.23. The highest BCUT2D eigenvalue weighted by Gasteiger charge is 2.20. The molecule has 3 aromatic rings. The molecule has 0 radical (unpaired) electrons. The number of aromatic nitrogens is 3. The van der Waals surface area contributed by atoms with Crippen LogP contribution in [0.3, 0.4) is 0 Å². The van der Waals surface area contributed by atoms with Gasteiger partial charge < -0.3 is 9.88 Å². The topological polar surface area (TPSA) is 59.8 Å². The first kappa shape index (κ1) is 19.2. The van der Waals surface area contributed by atoms with Gasteiger partial charge in [-0.15, -0.1) is 10.2 Å². The van der Waals surface area contributed by atoms with E-state index in [9.17, 15) is 4.79 Å². The van der Waals surface area contributed by atoms with Crippen molar-refractivity contribution >= 4 is 23.4 Å². The molecule has 0 bridgehead atoms. The summed E-state index contributed by atoms with van der Waals surface area (Å²) in [5.41, 5.74) is 5.23. The van der Waals surface area contributed by atoms with Gasteiger partial charge in [-0.25, -0.2) is 0 Å². The maximum Gasteiger partial charge on any atom is 0.237 e. The van der Waals surface area contributed by atoms with Gasteiger partial charge in [0.25, 0.3) is 0 Å². The Balaban J connectivity index is 1.72. The molecule has 6 heteroatoms. The van der Waals surface area contributed by atoms with Crippen molar-refractivity contribution in [1.29, 1.82) is 0 Å². The van der Waals surface area contributed by atoms with Gasteiger partial charge in [0.2, 0.25) is 5.91 Å². The molecular formula is C21H24N4OS. The summed E-state index contributed by atoms with van der Waals surface area (Å²) in [5, 5.41) is 12.0. The molecule has 0 spiro atoms. The molecule has 0 aliphatic carbocycles. The van der Waals surface area contributed by atoms with Gasteiger partial charge in [-0.1, -0.05) is 53.7 Å². The number of hydrogen-bond acceptors (Lipinski definition) is 4. The highest BCUT2D eigenvalue weighted by Crippen LogP contribution is 2.27. The van der Waals surface area contributed by atoms with E-state index in [4.69, 9.17) is 0 Å². The van der Waals surface area contributed by atoms with Crippen molar-refractivity contribution in [2.24, 2.45) is 7.05 Å². The van der Waals surface area contributed by atoms with Gasteiger partial charge in [0.15, 0.2) is 11.0 Å². The minimum absolute atomic E-state index is 0.0476. The summed E-state index contributed by atoms with van der Waals surface area (Å²) >= 11 is 1.40. The maximum atomic E-state index is 12.6. The zero-order valence-corrected chi connectivity index (χ0v) is 17.1. The van der Waals surface area contributed by atoms with Crippen LogP contribution in [0.5, 0.6) is 0 Å². The predicted molar refractivity (Wildman–Crippen MR) is 111 cm³/mol. The van der Waals surface area contributed by atoms with Crippen LogP contribution in [0.4, 0.5) is 5.69 Å². The molecule has 0 saturated carbocycles. The van der Waals surface area contributed by atoms with Crippen molar-refractivity contribution in [3.05, 3.63) is 59.2 Å². The number of anilines is 1. The van der Waals surface area contributed by atoms with E-state index in [0.717, 1.165) is 28.2 Å². The van der Waals surface area contributed by atoms with Crippen molar-refractivity contribution in [1.82, 2.24) is 14.8 Å². The average Bonchev–Trinajstić information content (AvgIpc) is 2.99. The molecule has 1 aromatic heterocycles. The number of benzene rings is 2. The van der Waals surface area contributed by atoms with Crippen molar-refractivity contribution in [3.8, 4) is 11.4 Å². The Hall–Kier alpha value is -2.60. The lowest BCUT2D eigenvalue weighted by molar-refractivity contribution is -0.115. The number of hydrogen-bond donors (Lipinski definition) is 1. The van der Waals surface area contributed by atoms with E-state index in [1.165, 1.54) is 17.3 Å². The monoisotopic (exact) mass is 380 g/mol. The number of carbonyl (C=O) groups excluding carboxylic acids is 1. The summed E-state index contributed by atoms with van der Waals surface area (Å²) in [6.07, 6.45) is 0. The Bertz CT molecular complexity index is 963. The van der Waals surface area contributed by atoms with Crippen LogP contribution >= 0.6 is 11.8 Å². The van der Waals surface area contributed by atoms with E-state index in [0.29, 0.717) is 5.16 Å². The summed E-state index contributed by atoms with van der Waals surface area (Å²) < 4.78 is 1.93. The Morgan fingerprint density at radius 3 is 2.41 bits per heavy atom. The molecule has 2 aromatic carbocycles. The number of carbonyl (C=O) groups is 1.